The second-order valence-electron chi connectivity index (χ2n) is 10.2. The summed E-state index contributed by atoms with van der Waals surface area (Å²) < 4.78 is 13.5. The Hall–Kier alpha value is -4.41. The van der Waals surface area contributed by atoms with Gasteiger partial charge in [0.1, 0.15) is 12.4 Å². The van der Waals surface area contributed by atoms with E-state index in [1.54, 1.807) is 67.4 Å². The first kappa shape index (κ1) is 30.1. The lowest BCUT2D eigenvalue weighted by Gasteiger charge is -2.25. The highest BCUT2D eigenvalue weighted by molar-refractivity contribution is 7.98. The summed E-state index contributed by atoms with van der Waals surface area (Å²) >= 11 is 2.89. The van der Waals surface area contributed by atoms with E-state index in [0.29, 0.717) is 26.4 Å². The average molecular weight is 615 g/mol. The van der Waals surface area contributed by atoms with Crippen LogP contribution >= 0.6 is 23.1 Å². The molecular formula is C33H30N2O6S2. The summed E-state index contributed by atoms with van der Waals surface area (Å²) in [6.45, 7) is 5.65. The van der Waals surface area contributed by atoms with Gasteiger partial charge in [0.2, 0.25) is 0 Å². The fourth-order valence-corrected chi connectivity index (χ4v) is 6.14. The molecule has 1 N–H and O–H groups in total. The molecular weight excluding hydrogens is 585 g/mol. The van der Waals surface area contributed by atoms with Gasteiger partial charge in [-0.3, -0.25) is 9.36 Å². The van der Waals surface area contributed by atoms with Crippen LogP contribution in [-0.4, -0.2) is 34.0 Å². The number of hydrogen-bond donors (Lipinski definition) is 1. The van der Waals surface area contributed by atoms with Crippen molar-refractivity contribution < 1.29 is 24.2 Å². The van der Waals surface area contributed by atoms with Gasteiger partial charge in [0, 0.05) is 4.90 Å². The van der Waals surface area contributed by atoms with Crippen molar-refractivity contribution in [1.82, 2.24) is 4.57 Å². The van der Waals surface area contributed by atoms with E-state index in [4.69, 9.17) is 14.6 Å². The number of thioether (sulfide) groups is 1. The zero-order valence-electron chi connectivity index (χ0n) is 24.1. The number of ether oxygens (including phenoxy) is 2. The fraction of sp³-hybridized carbons (Fsp3) is 0.212. The second kappa shape index (κ2) is 12.8. The summed E-state index contributed by atoms with van der Waals surface area (Å²) in [4.78, 5) is 44.4. The van der Waals surface area contributed by atoms with Gasteiger partial charge in [-0.1, -0.05) is 47.7 Å². The quantitative estimate of drug-likeness (QED) is 0.204. The maximum atomic E-state index is 13.9. The van der Waals surface area contributed by atoms with Crippen LogP contribution in [0.2, 0.25) is 0 Å². The first-order valence-corrected chi connectivity index (χ1v) is 15.6. The van der Waals surface area contributed by atoms with Crippen molar-refractivity contribution in [1.29, 1.82) is 0 Å². The van der Waals surface area contributed by atoms with Crippen LogP contribution in [0.1, 0.15) is 53.9 Å². The van der Waals surface area contributed by atoms with Gasteiger partial charge < -0.3 is 14.6 Å². The molecule has 0 fully saturated rings. The molecule has 0 unspecified atom stereocenters. The number of benzene rings is 3. The Morgan fingerprint density at radius 1 is 1.05 bits per heavy atom. The number of aromatic nitrogens is 1. The smallest absolute Gasteiger partial charge is 0.338 e. The van der Waals surface area contributed by atoms with Crippen LogP contribution in [0.15, 0.2) is 98.7 Å². The molecule has 0 radical (unpaired) electrons. The van der Waals surface area contributed by atoms with Crippen molar-refractivity contribution in [3.05, 3.63) is 126 Å². The molecule has 10 heteroatoms. The predicted octanol–water partition coefficient (Wildman–Crippen LogP) is 5.19. The number of rotatable bonds is 9. The van der Waals surface area contributed by atoms with Crippen LogP contribution in [0.4, 0.5) is 0 Å². The van der Waals surface area contributed by atoms with Crippen molar-refractivity contribution in [2.45, 2.75) is 44.4 Å². The van der Waals surface area contributed by atoms with Gasteiger partial charge in [-0.2, -0.15) is 0 Å². The molecule has 1 aromatic heterocycles. The summed E-state index contributed by atoms with van der Waals surface area (Å²) in [6, 6.07) is 21.0. The predicted molar refractivity (Wildman–Crippen MR) is 167 cm³/mol. The van der Waals surface area contributed by atoms with Gasteiger partial charge in [0.05, 0.1) is 33.5 Å². The number of carbonyl (C=O) groups excluding carboxylic acids is 1. The first-order chi connectivity index (χ1) is 20.6. The van der Waals surface area contributed by atoms with Crippen LogP contribution in [0.3, 0.4) is 0 Å². The van der Waals surface area contributed by atoms with Crippen molar-refractivity contribution in [2.24, 2.45) is 4.99 Å². The number of esters is 1. The van der Waals surface area contributed by atoms with Gasteiger partial charge in [0.25, 0.3) is 5.56 Å². The van der Waals surface area contributed by atoms with E-state index < -0.39 is 18.0 Å². The van der Waals surface area contributed by atoms with Gasteiger partial charge >= 0.3 is 11.9 Å². The SMILES string of the molecule is CSc1ccc([C@H]2C(C(=O)OC(C)C)=C(C)N=c3s/c(=C/c4ccc(OCc5ccc(C(=O)O)cc5)cc4)c(=O)n32)cc1. The minimum absolute atomic E-state index is 0.222. The Morgan fingerprint density at radius 2 is 1.72 bits per heavy atom. The summed E-state index contributed by atoms with van der Waals surface area (Å²) in [5.74, 6) is -0.823. The average Bonchev–Trinajstić information content (AvgIpc) is 3.29. The topological polar surface area (TPSA) is 107 Å². The highest BCUT2D eigenvalue weighted by Gasteiger charge is 2.33. The van der Waals surface area contributed by atoms with Gasteiger partial charge in [-0.05, 0) is 86.2 Å². The molecule has 2 heterocycles. The van der Waals surface area contributed by atoms with Gasteiger partial charge in [-0.15, -0.1) is 11.8 Å². The number of thiazole rings is 1. The third-order valence-corrected chi connectivity index (χ3v) is 8.53. The lowest BCUT2D eigenvalue weighted by molar-refractivity contribution is -0.143. The highest BCUT2D eigenvalue weighted by Crippen LogP contribution is 2.32. The molecule has 0 aliphatic carbocycles. The second-order valence-corrected chi connectivity index (χ2v) is 12.1. The van der Waals surface area contributed by atoms with Crippen molar-refractivity contribution in [2.75, 3.05) is 6.26 Å². The van der Waals surface area contributed by atoms with Gasteiger partial charge in [-0.25, -0.2) is 14.6 Å². The molecule has 43 heavy (non-hydrogen) atoms. The molecule has 8 nitrogen and oxygen atoms in total. The maximum Gasteiger partial charge on any atom is 0.338 e. The van der Waals surface area contributed by atoms with E-state index in [-0.39, 0.29) is 23.8 Å². The number of hydrogen-bond acceptors (Lipinski definition) is 8. The lowest BCUT2D eigenvalue weighted by atomic mass is 9.96. The van der Waals surface area contributed by atoms with Gasteiger partial charge in [0.15, 0.2) is 4.80 Å². The number of carboxylic acids is 1. The van der Waals surface area contributed by atoms with Crippen molar-refractivity contribution >= 4 is 41.1 Å². The number of fused-ring (bicyclic) bond motifs is 1. The Morgan fingerprint density at radius 3 is 2.33 bits per heavy atom. The van der Waals surface area contributed by atoms with E-state index in [1.807, 2.05) is 54.8 Å². The molecule has 3 aromatic carbocycles. The fourth-order valence-electron chi connectivity index (χ4n) is 4.68. The molecule has 220 valence electrons. The number of allylic oxidation sites excluding steroid dienone is 1. The third kappa shape index (κ3) is 6.65. The minimum Gasteiger partial charge on any atom is -0.489 e. The van der Waals surface area contributed by atoms with E-state index in [0.717, 1.165) is 21.6 Å². The molecule has 4 aromatic rings. The zero-order valence-corrected chi connectivity index (χ0v) is 25.7. The summed E-state index contributed by atoms with van der Waals surface area (Å²) in [6.07, 6.45) is 3.48. The first-order valence-electron chi connectivity index (χ1n) is 13.6. The minimum atomic E-state index is -0.972. The number of nitrogens with zero attached hydrogens (tertiary/aromatic N) is 2. The Bertz CT molecular complexity index is 1870. The molecule has 5 rings (SSSR count). The number of aromatic carboxylic acids is 1. The number of carboxylic acid groups (broad SMARTS) is 1. The highest BCUT2D eigenvalue weighted by atomic mass is 32.2. The molecule has 0 saturated carbocycles. The van der Waals surface area contributed by atoms with Crippen LogP contribution < -0.4 is 19.6 Å². The van der Waals surface area contributed by atoms with Crippen LogP contribution in [0.5, 0.6) is 5.75 Å². The molecule has 0 saturated heterocycles. The number of carbonyl (C=O) groups is 2. The standard InChI is InChI=1S/C33H30N2O6S2/c1-19(2)41-32(39)28-20(3)34-33-35(29(28)23-11-15-26(42-4)16-12-23)30(36)27(43-33)17-21-7-13-25(14-8-21)40-18-22-5-9-24(10-6-22)31(37)38/h5-17,19,29H,18H2,1-4H3,(H,37,38)/b27-17+/t29-/m0/s1. The molecule has 1 aliphatic rings. The maximum absolute atomic E-state index is 13.9. The Balaban J connectivity index is 1.45. The zero-order chi connectivity index (χ0) is 30.7. The van der Waals surface area contributed by atoms with Crippen LogP contribution in [0, 0.1) is 0 Å². The van der Waals surface area contributed by atoms with E-state index in [9.17, 15) is 14.4 Å². The molecule has 1 aliphatic heterocycles. The normalized spacial score (nSPS) is 14.8. The monoisotopic (exact) mass is 614 g/mol. The molecule has 0 amide bonds. The van der Waals surface area contributed by atoms with E-state index >= 15 is 0 Å². The van der Waals surface area contributed by atoms with Crippen LogP contribution in [0.25, 0.3) is 6.08 Å². The third-order valence-electron chi connectivity index (χ3n) is 6.80. The summed E-state index contributed by atoms with van der Waals surface area (Å²) in [7, 11) is 0. The van der Waals surface area contributed by atoms with E-state index in [2.05, 4.69) is 4.99 Å². The molecule has 0 bridgehead atoms. The summed E-state index contributed by atoms with van der Waals surface area (Å²) in [5, 5.41) is 9.06. The lowest BCUT2D eigenvalue weighted by Crippen LogP contribution is -2.40. The van der Waals surface area contributed by atoms with Crippen LogP contribution in [-0.2, 0) is 16.1 Å². The molecule has 1 atom stereocenters. The molecule has 0 spiro atoms. The van der Waals surface area contributed by atoms with Crippen molar-refractivity contribution in [3.63, 3.8) is 0 Å². The summed E-state index contributed by atoms with van der Waals surface area (Å²) in [5.41, 5.74) is 3.31. The Labute approximate surface area is 256 Å². The van der Waals surface area contributed by atoms with E-state index in [1.165, 1.54) is 11.3 Å². The largest absolute Gasteiger partial charge is 0.489 e. The Kier molecular flexibility index (Phi) is 8.98. The van der Waals surface area contributed by atoms with Crippen molar-refractivity contribution in [3.8, 4) is 5.75 Å².